The third-order valence-corrected chi connectivity index (χ3v) is 5.69. The quantitative estimate of drug-likeness (QED) is 0.648. The van der Waals surface area contributed by atoms with Gasteiger partial charge in [-0.2, -0.15) is 0 Å². The second-order valence-corrected chi connectivity index (χ2v) is 7.30. The lowest BCUT2D eigenvalue weighted by atomic mass is 10.3. The lowest BCUT2D eigenvalue weighted by Crippen LogP contribution is -2.25. The summed E-state index contributed by atoms with van der Waals surface area (Å²) in [5, 5.41) is 11.8. The van der Waals surface area contributed by atoms with E-state index in [0.29, 0.717) is 6.79 Å². The molecule has 124 valence electrons. The molecule has 2 aromatic heterocycles. The second kappa shape index (κ2) is 7.48. The van der Waals surface area contributed by atoms with Crippen LogP contribution in [0.15, 0.2) is 53.0 Å². The summed E-state index contributed by atoms with van der Waals surface area (Å²) in [5.41, 5.74) is 1.07. The van der Waals surface area contributed by atoms with Crippen LogP contribution in [0.5, 0.6) is 0 Å². The lowest BCUT2D eigenvalue weighted by molar-refractivity contribution is -0.130. The van der Waals surface area contributed by atoms with Crippen LogP contribution < -0.4 is 0 Å². The Hall–Kier alpha value is -1.67. The Morgan fingerprint density at radius 3 is 2.83 bits per heavy atom. The molecule has 1 aromatic carbocycles. The molecule has 0 bridgehead atoms. The van der Waals surface area contributed by atoms with Crippen LogP contribution in [0.25, 0.3) is 16.4 Å². The minimum absolute atomic E-state index is 0.204. The van der Waals surface area contributed by atoms with Crippen LogP contribution in [0.1, 0.15) is 6.42 Å². The summed E-state index contributed by atoms with van der Waals surface area (Å²) in [6.07, 6.45) is 1.12. The smallest absolute Gasteiger partial charge is 0.196 e. The van der Waals surface area contributed by atoms with Crippen LogP contribution >= 0.6 is 23.1 Å². The van der Waals surface area contributed by atoms with E-state index in [2.05, 4.69) is 38.3 Å². The van der Waals surface area contributed by atoms with E-state index in [9.17, 15) is 0 Å². The Bertz CT molecular complexity index is 769. The number of ether oxygens (including phenoxy) is 2. The second-order valence-electron chi connectivity index (χ2n) is 5.37. The first-order valence-electron chi connectivity index (χ1n) is 7.78. The number of aromatic nitrogens is 3. The zero-order valence-electron chi connectivity index (χ0n) is 13.0. The first-order chi connectivity index (χ1) is 11.9. The number of para-hydroxylation sites is 1. The predicted octanol–water partition coefficient (Wildman–Crippen LogP) is 3.85. The summed E-state index contributed by atoms with van der Waals surface area (Å²) in [4.78, 5) is 1.11. The molecule has 0 N–H and O–H groups in total. The molecule has 0 saturated carbocycles. The van der Waals surface area contributed by atoms with Crippen molar-refractivity contribution in [2.75, 3.05) is 19.2 Å². The van der Waals surface area contributed by atoms with Crippen molar-refractivity contribution in [2.24, 2.45) is 0 Å². The van der Waals surface area contributed by atoms with Crippen LogP contribution in [-0.2, 0) is 9.47 Å². The summed E-state index contributed by atoms with van der Waals surface area (Å²) >= 11 is 3.35. The van der Waals surface area contributed by atoms with Gasteiger partial charge in [-0.1, -0.05) is 36.0 Å². The van der Waals surface area contributed by atoms with Crippen molar-refractivity contribution in [3.05, 3.63) is 47.8 Å². The minimum atomic E-state index is 0.204. The highest BCUT2D eigenvalue weighted by Gasteiger charge is 2.20. The third kappa shape index (κ3) is 3.39. The van der Waals surface area contributed by atoms with E-state index in [-0.39, 0.29) is 6.10 Å². The van der Waals surface area contributed by atoms with Crippen molar-refractivity contribution in [2.45, 2.75) is 17.7 Å². The summed E-state index contributed by atoms with van der Waals surface area (Å²) in [6, 6.07) is 14.3. The van der Waals surface area contributed by atoms with E-state index in [1.165, 1.54) is 0 Å². The van der Waals surface area contributed by atoms with Gasteiger partial charge in [0.1, 0.15) is 6.79 Å². The van der Waals surface area contributed by atoms with Gasteiger partial charge in [-0.05, 0) is 30.0 Å². The highest BCUT2D eigenvalue weighted by molar-refractivity contribution is 7.99. The maximum atomic E-state index is 5.63. The van der Waals surface area contributed by atoms with Gasteiger partial charge in [0.15, 0.2) is 11.0 Å². The number of thioether (sulfide) groups is 1. The van der Waals surface area contributed by atoms with Crippen molar-refractivity contribution in [1.82, 2.24) is 14.8 Å². The van der Waals surface area contributed by atoms with Gasteiger partial charge in [-0.15, -0.1) is 21.5 Å². The molecule has 4 rings (SSSR count). The van der Waals surface area contributed by atoms with Gasteiger partial charge in [-0.25, -0.2) is 0 Å². The molecule has 1 aliphatic rings. The highest BCUT2D eigenvalue weighted by Crippen LogP contribution is 2.31. The molecule has 1 unspecified atom stereocenters. The van der Waals surface area contributed by atoms with Gasteiger partial charge in [0.05, 0.1) is 17.6 Å². The Balaban J connectivity index is 1.64. The topological polar surface area (TPSA) is 49.2 Å². The zero-order chi connectivity index (χ0) is 16.2. The summed E-state index contributed by atoms with van der Waals surface area (Å²) in [7, 11) is 0. The van der Waals surface area contributed by atoms with E-state index < -0.39 is 0 Å². The largest absolute Gasteiger partial charge is 0.355 e. The van der Waals surface area contributed by atoms with Gasteiger partial charge in [-0.3, -0.25) is 4.57 Å². The highest BCUT2D eigenvalue weighted by atomic mass is 32.2. The molecular weight excluding hydrogens is 342 g/mol. The van der Waals surface area contributed by atoms with E-state index in [0.717, 1.165) is 40.3 Å². The van der Waals surface area contributed by atoms with Crippen molar-refractivity contribution in [1.29, 1.82) is 0 Å². The average Bonchev–Trinajstić information content (AvgIpc) is 3.31. The van der Waals surface area contributed by atoms with E-state index in [1.807, 2.05) is 24.3 Å². The van der Waals surface area contributed by atoms with Crippen molar-refractivity contribution in [3.63, 3.8) is 0 Å². The van der Waals surface area contributed by atoms with E-state index in [4.69, 9.17) is 9.47 Å². The molecule has 1 aliphatic heterocycles. The van der Waals surface area contributed by atoms with Crippen LogP contribution in [0, 0.1) is 0 Å². The van der Waals surface area contributed by atoms with Crippen LogP contribution in [0.2, 0.25) is 0 Å². The first-order valence-corrected chi connectivity index (χ1v) is 9.65. The fraction of sp³-hybridized carbons (Fsp3) is 0.294. The average molecular weight is 359 g/mol. The fourth-order valence-electron chi connectivity index (χ4n) is 2.54. The Kier molecular flexibility index (Phi) is 4.94. The molecular formula is C17H17N3O2S2. The van der Waals surface area contributed by atoms with Gasteiger partial charge in [0.2, 0.25) is 0 Å². The lowest BCUT2D eigenvalue weighted by Gasteiger charge is -2.22. The maximum absolute atomic E-state index is 5.63. The zero-order valence-corrected chi connectivity index (χ0v) is 14.6. The summed E-state index contributed by atoms with van der Waals surface area (Å²) < 4.78 is 13.0. The standard InChI is InChI=1S/C17H17N3O2S2/c1-2-5-13(6-3-1)20-16(15-7-4-10-23-15)18-19-17(20)24-11-14-8-9-21-12-22-14/h1-7,10,14H,8-9,11-12H2. The van der Waals surface area contributed by atoms with Gasteiger partial charge < -0.3 is 9.47 Å². The van der Waals surface area contributed by atoms with Crippen LogP contribution in [0.4, 0.5) is 0 Å². The molecule has 3 aromatic rings. The predicted molar refractivity (Wildman–Crippen MR) is 95.7 cm³/mol. The first kappa shape index (κ1) is 15.8. The molecule has 1 saturated heterocycles. The molecule has 3 heterocycles. The maximum Gasteiger partial charge on any atom is 0.196 e. The van der Waals surface area contributed by atoms with Crippen LogP contribution in [-0.4, -0.2) is 40.0 Å². The fourth-order valence-corrected chi connectivity index (χ4v) is 4.25. The number of nitrogens with zero attached hydrogens (tertiary/aromatic N) is 3. The molecule has 1 fully saturated rings. The number of rotatable bonds is 5. The molecule has 24 heavy (non-hydrogen) atoms. The molecule has 0 amide bonds. The number of benzene rings is 1. The minimum Gasteiger partial charge on any atom is -0.355 e. The normalized spacial score (nSPS) is 17.9. The van der Waals surface area contributed by atoms with Gasteiger partial charge >= 0.3 is 0 Å². The van der Waals surface area contributed by atoms with E-state index >= 15 is 0 Å². The number of thiophene rings is 1. The monoisotopic (exact) mass is 359 g/mol. The summed E-state index contributed by atoms with van der Waals surface area (Å²) in [5.74, 6) is 1.73. The van der Waals surface area contributed by atoms with Gasteiger partial charge in [0, 0.05) is 11.4 Å². The molecule has 0 spiro atoms. The van der Waals surface area contributed by atoms with Crippen molar-refractivity contribution < 1.29 is 9.47 Å². The van der Waals surface area contributed by atoms with Crippen molar-refractivity contribution >= 4 is 23.1 Å². The summed E-state index contributed by atoms with van der Waals surface area (Å²) in [6.45, 7) is 1.15. The SMILES string of the molecule is c1ccc(-n2c(SCC3CCOCO3)nnc2-c2cccs2)cc1. The van der Waals surface area contributed by atoms with Crippen LogP contribution in [0.3, 0.4) is 0 Å². The molecule has 0 aliphatic carbocycles. The Morgan fingerprint density at radius 1 is 1.17 bits per heavy atom. The Labute approximate surface area is 148 Å². The Morgan fingerprint density at radius 2 is 2.08 bits per heavy atom. The molecule has 1 atom stereocenters. The molecule has 7 heteroatoms. The number of hydrogen-bond donors (Lipinski definition) is 0. The van der Waals surface area contributed by atoms with E-state index in [1.54, 1.807) is 23.1 Å². The van der Waals surface area contributed by atoms with Crippen molar-refractivity contribution in [3.8, 4) is 16.4 Å². The third-order valence-electron chi connectivity index (χ3n) is 3.76. The molecule has 0 radical (unpaired) electrons. The molecule has 5 nitrogen and oxygen atoms in total. The number of hydrogen-bond acceptors (Lipinski definition) is 6. The van der Waals surface area contributed by atoms with Gasteiger partial charge in [0.25, 0.3) is 0 Å².